The molecule has 4 heteroatoms. The molecule has 0 saturated heterocycles. The first-order valence-corrected chi connectivity index (χ1v) is 13.3. The van der Waals surface area contributed by atoms with Gasteiger partial charge in [-0.3, -0.25) is 9.78 Å². The summed E-state index contributed by atoms with van der Waals surface area (Å²) < 4.78 is 6.98. The van der Waals surface area contributed by atoms with E-state index in [9.17, 15) is 4.79 Å². The monoisotopic (exact) mass is 389 g/mol. The van der Waals surface area contributed by atoms with Gasteiger partial charge in [0.1, 0.15) is 0 Å². The molecule has 0 N–H and O–H groups in total. The highest BCUT2D eigenvalue weighted by molar-refractivity contribution is 6.73. The number of nitrogens with zero attached hydrogens (tertiary/aromatic N) is 1. The molecule has 0 radical (unpaired) electrons. The van der Waals surface area contributed by atoms with Gasteiger partial charge in [0.25, 0.3) is 0 Å². The Morgan fingerprint density at radius 3 is 2.19 bits per heavy atom. The van der Waals surface area contributed by atoms with Crippen LogP contribution in [0.3, 0.4) is 0 Å². The number of rotatable bonds is 13. The lowest BCUT2D eigenvalue weighted by atomic mass is 9.91. The Balaban J connectivity index is 2.96. The molecule has 0 amide bonds. The standard InChI is InChI=1S/C23H39NO2Si/c1-7-21(22-16-20(19-25)17-24-18-22)14-13-15-23(8-2,9-3)26-27(10-4,11-5)12-6/h14,16-19H,7-13,15H2,1-6H3/b21-14+. The van der Waals surface area contributed by atoms with Gasteiger partial charge >= 0.3 is 0 Å². The molecule has 0 fully saturated rings. The van der Waals surface area contributed by atoms with Crippen LogP contribution in [0.25, 0.3) is 5.57 Å². The highest BCUT2D eigenvalue weighted by Crippen LogP contribution is 2.35. The third-order valence-corrected chi connectivity index (χ3v) is 11.0. The third kappa shape index (κ3) is 6.39. The minimum atomic E-state index is -1.63. The molecular weight excluding hydrogens is 350 g/mol. The Morgan fingerprint density at radius 1 is 1.07 bits per heavy atom. The van der Waals surface area contributed by atoms with Crippen molar-refractivity contribution >= 4 is 20.2 Å². The molecule has 0 spiro atoms. The molecule has 0 atom stereocenters. The summed E-state index contributed by atoms with van der Waals surface area (Å²) in [5.41, 5.74) is 2.95. The molecule has 1 aromatic rings. The van der Waals surface area contributed by atoms with Crippen molar-refractivity contribution in [2.24, 2.45) is 0 Å². The lowest BCUT2D eigenvalue weighted by Gasteiger charge is -2.42. The first kappa shape index (κ1) is 23.8. The maximum Gasteiger partial charge on any atom is 0.192 e. The molecule has 1 aromatic heterocycles. The van der Waals surface area contributed by atoms with Crippen LogP contribution in [0.4, 0.5) is 0 Å². The smallest absolute Gasteiger partial charge is 0.192 e. The van der Waals surface area contributed by atoms with Crippen LogP contribution in [-0.4, -0.2) is 25.2 Å². The number of carbonyl (C=O) groups is 1. The lowest BCUT2D eigenvalue weighted by Crippen LogP contribution is -2.46. The van der Waals surface area contributed by atoms with Crippen molar-refractivity contribution in [1.29, 1.82) is 0 Å². The van der Waals surface area contributed by atoms with Gasteiger partial charge < -0.3 is 4.43 Å². The van der Waals surface area contributed by atoms with E-state index < -0.39 is 8.32 Å². The quantitative estimate of drug-likeness (QED) is 0.268. The van der Waals surface area contributed by atoms with E-state index in [1.807, 2.05) is 12.3 Å². The average Bonchev–Trinajstić information content (AvgIpc) is 2.74. The molecule has 0 unspecified atom stereocenters. The predicted molar refractivity (Wildman–Crippen MR) is 119 cm³/mol. The van der Waals surface area contributed by atoms with Gasteiger partial charge in [0.05, 0.1) is 5.60 Å². The topological polar surface area (TPSA) is 39.2 Å². The third-order valence-electron chi connectivity index (χ3n) is 6.29. The second kappa shape index (κ2) is 11.6. The number of allylic oxidation sites excluding steroid dienone is 2. The lowest BCUT2D eigenvalue weighted by molar-refractivity contribution is 0.0397. The van der Waals surface area contributed by atoms with E-state index in [1.165, 1.54) is 23.7 Å². The average molecular weight is 390 g/mol. The molecule has 0 bridgehead atoms. The Morgan fingerprint density at radius 2 is 1.70 bits per heavy atom. The molecule has 0 aromatic carbocycles. The maximum atomic E-state index is 11.0. The molecule has 0 aliphatic heterocycles. The summed E-state index contributed by atoms with van der Waals surface area (Å²) in [6.07, 6.45) is 11.8. The van der Waals surface area contributed by atoms with E-state index in [4.69, 9.17) is 4.43 Å². The van der Waals surface area contributed by atoms with Crippen LogP contribution in [0.2, 0.25) is 18.1 Å². The first-order valence-electron chi connectivity index (χ1n) is 10.8. The molecule has 1 heterocycles. The maximum absolute atomic E-state index is 11.0. The van der Waals surface area contributed by atoms with Gasteiger partial charge in [0, 0.05) is 18.0 Å². The molecule has 27 heavy (non-hydrogen) atoms. The highest BCUT2D eigenvalue weighted by Gasteiger charge is 2.38. The molecule has 0 saturated carbocycles. The van der Waals surface area contributed by atoms with Crippen LogP contribution in [0.15, 0.2) is 24.5 Å². The van der Waals surface area contributed by atoms with Crippen LogP contribution < -0.4 is 0 Å². The zero-order chi connectivity index (χ0) is 20.3. The molecule has 0 aliphatic rings. The molecule has 1 rings (SSSR count). The summed E-state index contributed by atoms with van der Waals surface area (Å²) in [6.45, 7) is 13.6. The number of aromatic nitrogens is 1. The van der Waals surface area contributed by atoms with Crippen LogP contribution in [0, 0.1) is 0 Å². The second-order valence-corrected chi connectivity index (χ2v) is 12.2. The summed E-state index contributed by atoms with van der Waals surface area (Å²) in [5, 5.41) is 0. The Hall–Kier alpha value is -1.26. The fraction of sp³-hybridized carbons (Fsp3) is 0.652. The summed E-state index contributed by atoms with van der Waals surface area (Å²) in [5.74, 6) is 0. The van der Waals surface area contributed by atoms with Gasteiger partial charge in [0.2, 0.25) is 0 Å². The van der Waals surface area contributed by atoms with E-state index >= 15 is 0 Å². The number of hydrogen-bond acceptors (Lipinski definition) is 3. The summed E-state index contributed by atoms with van der Waals surface area (Å²) in [4.78, 5) is 15.2. The minimum Gasteiger partial charge on any atom is -0.411 e. The van der Waals surface area contributed by atoms with Crippen molar-refractivity contribution in [1.82, 2.24) is 4.98 Å². The van der Waals surface area contributed by atoms with Crippen molar-refractivity contribution in [3.05, 3.63) is 35.7 Å². The highest BCUT2D eigenvalue weighted by atomic mass is 28.4. The summed E-state index contributed by atoms with van der Waals surface area (Å²) >= 11 is 0. The van der Waals surface area contributed by atoms with E-state index in [0.717, 1.165) is 44.0 Å². The van der Waals surface area contributed by atoms with Crippen molar-refractivity contribution in [3.63, 3.8) is 0 Å². The zero-order valence-corrected chi connectivity index (χ0v) is 19.3. The van der Waals surface area contributed by atoms with Crippen molar-refractivity contribution in [3.8, 4) is 0 Å². The summed E-state index contributed by atoms with van der Waals surface area (Å²) in [7, 11) is -1.63. The van der Waals surface area contributed by atoms with E-state index in [1.54, 1.807) is 6.20 Å². The molecule has 0 aliphatic carbocycles. The second-order valence-electron chi connectivity index (χ2n) is 7.48. The number of aldehydes is 1. The van der Waals surface area contributed by atoms with Gasteiger partial charge in [-0.15, -0.1) is 0 Å². The fourth-order valence-corrected chi connectivity index (χ4v) is 7.14. The van der Waals surface area contributed by atoms with Crippen LogP contribution in [-0.2, 0) is 4.43 Å². The normalized spacial score (nSPS) is 13.0. The van der Waals surface area contributed by atoms with E-state index in [2.05, 4.69) is 52.6 Å². The van der Waals surface area contributed by atoms with Gasteiger partial charge in [-0.25, -0.2) is 0 Å². The Labute approximate surface area is 167 Å². The summed E-state index contributed by atoms with van der Waals surface area (Å²) in [6, 6.07) is 5.52. The largest absolute Gasteiger partial charge is 0.411 e. The van der Waals surface area contributed by atoms with Crippen LogP contribution in [0.5, 0.6) is 0 Å². The van der Waals surface area contributed by atoms with Gasteiger partial charge in [-0.1, -0.05) is 47.6 Å². The number of carbonyl (C=O) groups excluding carboxylic acids is 1. The van der Waals surface area contributed by atoms with Crippen LogP contribution >= 0.6 is 0 Å². The Kier molecular flexibility index (Phi) is 10.2. The van der Waals surface area contributed by atoms with Gasteiger partial charge in [0.15, 0.2) is 14.6 Å². The Bertz CT molecular complexity index is 596. The molecular formula is C23H39NO2Si. The van der Waals surface area contributed by atoms with Crippen molar-refractivity contribution in [2.45, 2.75) is 97.4 Å². The molecule has 3 nitrogen and oxygen atoms in total. The minimum absolute atomic E-state index is 0.00744. The van der Waals surface area contributed by atoms with Crippen molar-refractivity contribution < 1.29 is 9.22 Å². The van der Waals surface area contributed by atoms with E-state index in [0.29, 0.717) is 5.56 Å². The predicted octanol–water partition coefficient (Wildman–Crippen LogP) is 7.05. The van der Waals surface area contributed by atoms with Gasteiger partial charge in [-0.2, -0.15) is 0 Å². The number of hydrogen-bond donors (Lipinski definition) is 0. The zero-order valence-electron chi connectivity index (χ0n) is 18.3. The van der Waals surface area contributed by atoms with E-state index in [-0.39, 0.29) is 5.60 Å². The van der Waals surface area contributed by atoms with Crippen molar-refractivity contribution in [2.75, 3.05) is 0 Å². The van der Waals surface area contributed by atoms with Gasteiger partial charge in [-0.05, 0) is 67.4 Å². The fourth-order valence-electron chi connectivity index (χ4n) is 3.90. The molecule has 152 valence electrons. The van der Waals surface area contributed by atoms with Crippen LogP contribution in [0.1, 0.15) is 89.6 Å². The SMILES string of the molecule is CC/C(=C\CCC(CC)(CC)O[Si](CC)(CC)CC)c1cncc(C=O)c1. The number of pyridine rings is 1. The first-order chi connectivity index (χ1) is 13.0.